The number of urea groups is 1. The standard InChI is InChI=1S/C14H27N3O4/c1-4-7-17(5-2)8-6-15-14(20)16(3)12-10-21-9-11(12)13(18)19/h11-12H,4-10H2,1-3H3,(H,15,20)(H,18,19). The van der Waals surface area contributed by atoms with Gasteiger partial charge in [0.1, 0.15) is 5.92 Å². The molecule has 122 valence electrons. The molecule has 1 heterocycles. The van der Waals surface area contributed by atoms with Gasteiger partial charge >= 0.3 is 12.0 Å². The Balaban J connectivity index is 2.39. The van der Waals surface area contributed by atoms with E-state index in [0.29, 0.717) is 6.54 Å². The fraction of sp³-hybridized carbons (Fsp3) is 0.857. The van der Waals surface area contributed by atoms with Crippen LogP contribution in [0.25, 0.3) is 0 Å². The maximum absolute atomic E-state index is 12.1. The number of carbonyl (C=O) groups excluding carboxylic acids is 1. The lowest BCUT2D eigenvalue weighted by molar-refractivity contribution is -0.142. The summed E-state index contributed by atoms with van der Waals surface area (Å²) in [5, 5.41) is 11.9. The largest absolute Gasteiger partial charge is 0.481 e. The van der Waals surface area contributed by atoms with Crippen LogP contribution in [0.3, 0.4) is 0 Å². The van der Waals surface area contributed by atoms with Gasteiger partial charge in [-0.25, -0.2) is 4.79 Å². The van der Waals surface area contributed by atoms with E-state index in [2.05, 4.69) is 24.1 Å². The summed E-state index contributed by atoms with van der Waals surface area (Å²) in [7, 11) is 1.62. The summed E-state index contributed by atoms with van der Waals surface area (Å²) < 4.78 is 5.18. The summed E-state index contributed by atoms with van der Waals surface area (Å²) in [6.45, 7) is 7.99. The summed E-state index contributed by atoms with van der Waals surface area (Å²) in [6.07, 6.45) is 1.08. The minimum Gasteiger partial charge on any atom is -0.481 e. The van der Waals surface area contributed by atoms with Crippen LogP contribution in [0.15, 0.2) is 0 Å². The summed E-state index contributed by atoms with van der Waals surface area (Å²) in [4.78, 5) is 26.9. The highest BCUT2D eigenvalue weighted by Crippen LogP contribution is 2.18. The summed E-state index contributed by atoms with van der Waals surface area (Å²) >= 11 is 0. The number of rotatable bonds is 8. The Bertz CT molecular complexity index is 351. The highest BCUT2D eigenvalue weighted by molar-refractivity contribution is 5.77. The highest BCUT2D eigenvalue weighted by Gasteiger charge is 2.38. The van der Waals surface area contributed by atoms with Crippen LogP contribution >= 0.6 is 0 Å². The number of nitrogens with zero attached hydrogens (tertiary/aromatic N) is 2. The van der Waals surface area contributed by atoms with Crippen LogP contribution in [0.4, 0.5) is 4.79 Å². The molecule has 0 bridgehead atoms. The number of hydrogen-bond donors (Lipinski definition) is 2. The number of carboxylic acid groups (broad SMARTS) is 1. The van der Waals surface area contributed by atoms with Crippen molar-refractivity contribution in [2.24, 2.45) is 5.92 Å². The van der Waals surface area contributed by atoms with Crippen molar-refractivity contribution in [2.75, 3.05) is 46.4 Å². The van der Waals surface area contributed by atoms with Crippen molar-refractivity contribution in [3.05, 3.63) is 0 Å². The van der Waals surface area contributed by atoms with E-state index in [9.17, 15) is 9.59 Å². The molecule has 7 heteroatoms. The van der Waals surface area contributed by atoms with Gasteiger partial charge in [0.25, 0.3) is 0 Å². The van der Waals surface area contributed by atoms with E-state index >= 15 is 0 Å². The molecule has 0 aromatic heterocycles. The lowest BCUT2D eigenvalue weighted by Crippen LogP contribution is -2.49. The second kappa shape index (κ2) is 8.84. The molecule has 2 unspecified atom stereocenters. The molecule has 1 fully saturated rings. The van der Waals surface area contributed by atoms with Crippen LogP contribution in [0.5, 0.6) is 0 Å². The molecular weight excluding hydrogens is 274 g/mol. The zero-order chi connectivity index (χ0) is 15.8. The molecule has 1 aliphatic heterocycles. The fourth-order valence-corrected chi connectivity index (χ4v) is 2.50. The number of nitrogens with one attached hydrogen (secondary N) is 1. The van der Waals surface area contributed by atoms with Crippen LogP contribution < -0.4 is 5.32 Å². The summed E-state index contributed by atoms with van der Waals surface area (Å²) in [6, 6.07) is -0.648. The first-order chi connectivity index (χ1) is 10.0. The predicted molar refractivity (Wildman–Crippen MR) is 79.3 cm³/mol. The van der Waals surface area contributed by atoms with E-state index in [1.807, 2.05) is 0 Å². The molecule has 0 aliphatic carbocycles. The third kappa shape index (κ3) is 5.17. The highest BCUT2D eigenvalue weighted by atomic mass is 16.5. The number of aliphatic carboxylic acids is 1. The lowest BCUT2D eigenvalue weighted by atomic mass is 10.0. The smallest absolute Gasteiger partial charge is 0.317 e. The normalized spacial score (nSPS) is 21.5. The van der Waals surface area contributed by atoms with Crippen LogP contribution in [0.2, 0.25) is 0 Å². The minimum atomic E-state index is -0.919. The topological polar surface area (TPSA) is 82.1 Å². The molecule has 0 radical (unpaired) electrons. The molecule has 7 nitrogen and oxygen atoms in total. The number of ether oxygens (including phenoxy) is 1. The van der Waals surface area contributed by atoms with E-state index in [0.717, 1.165) is 26.1 Å². The lowest BCUT2D eigenvalue weighted by Gasteiger charge is -2.27. The summed E-state index contributed by atoms with van der Waals surface area (Å²) in [5.74, 6) is -1.56. The summed E-state index contributed by atoms with van der Waals surface area (Å²) in [5.41, 5.74) is 0. The van der Waals surface area contributed by atoms with E-state index in [4.69, 9.17) is 9.84 Å². The Hall–Kier alpha value is -1.34. The fourth-order valence-electron chi connectivity index (χ4n) is 2.50. The molecule has 0 aromatic rings. The van der Waals surface area contributed by atoms with Crippen molar-refractivity contribution < 1.29 is 19.4 Å². The van der Waals surface area contributed by atoms with Crippen LogP contribution in [0.1, 0.15) is 20.3 Å². The maximum Gasteiger partial charge on any atom is 0.317 e. The van der Waals surface area contributed by atoms with Crippen molar-refractivity contribution >= 4 is 12.0 Å². The zero-order valence-corrected chi connectivity index (χ0v) is 13.2. The average molecular weight is 301 g/mol. The van der Waals surface area contributed by atoms with Gasteiger partial charge in [-0.2, -0.15) is 0 Å². The van der Waals surface area contributed by atoms with Crippen LogP contribution in [-0.2, 0) is 9.53 Å². The zero-order valence-electron chi connectivity index (χ0n) is 13.2. The third-order valence-corrected chi connectivity index (χ3v) is 3.88. The van der Waals surface area contributed by atoms with Crippen molar-refractivity contribution in [1.82, 2.24) is 15.1 Å². The van der Waals surface area contributed by atoms with Crippen molar-refractivity contribution in [3.8, 4) is 0 Å². The molecule has 0 saturated carbocycles. The molecule has 1 rings (SSSR count). The van der Waals surface area contributed by atoms with Gasteiger partial charge in [0, 0.05) is 20.1 Å². The molecule has 0 spiro atoms. The number of carboxylic acids is 1. The first-order valence-electron chi connectivity index (χ1n) is 7.54. The van der Waals surface area contributed by atoms with Gasteiger partial charge < -0.3 is 25.0 Å². The van der Waals surface area contributed by atoms with Gasteiger partial charge in [-0.05, 0) is 19.5 Å². The third-order valence-electron chi connectivity index (χ3n) is 3.88. The van der Waals surface area contributed by atoms with Crippen molar-refractivity contribution in [2.45, 2.75) is 26.3 Å². The van der Waals surface area contributed by atoms with Crippen LogP contribution in [-0.4, -0.2) is 79.4 Å². The predicted octanol–water partition coefficient (Wildman–Crippen LogP) is 0.459. The molecule has 1 saturated heterocycles. The van der Waals surface area contributed by atoms with Gasteiger partial charge in [0.05, 0.1) is 19.3 Å². The molecule has 2 amide bonds. The van der Waals surface area contributed by atoms with Gasteiger partial charge in [0.15, 0.2) is 0 Å². The molecule has 2 N–H and O–H groups in total. The Labute approximate surface area is 126 Å². The maximum atomic E-state index is 12.1. The Morgan fingerprint density at radius 3 is 2.57 bits per heavy atom. The van der Waals surface area contributed by atoms with E-state index in [1.54, 1.807) is 7.05 Å². The molecular formula is C14H27N3O4. The first kappa shape index (κ1) is 17.7. The average Bonchev–Trinajstić information content (AvgIpc) is 2.94. The van der Waals surface area contributed by atoms with Gasteiger partial charge in [-0.15, -0.1) is 0 Å². The number of hydrogen-bond acceptors (Lipinski definition) is 4. The first-order valence-corrected chi connectivity index (χ1v) is 7.54. The Kier molecular flexibility index (Phi) is 7.45. The van der Waals surface area contributed by atoms with Crippen molar-refractivity contribution in [3.63, 3.8) is 0 Å². The molecule has 2 atom stereocenters. The SMILES string of the molecule is CCCN(CC)CCNC(=O)N(C)C1COCC1C(=O)O. The van der Waals surface area contributed by atoms with Gasteiger partial charge in [-0.1, -0.05) is 13.8 Å². The number of amides is 2. The van der Waals surface area contributed by atoms with E-state index < -0.39 is 17.9 Å². The quantitative estimate of drug-likeness (QED) is 0.680. The number of likely N-dealkylation sites (N-methyl/N-ethyl adjacent to an activating group) is 2. The second-order valence-corrected chi connectivity index (χ2v) is 5.33. The van der Waals surface area contributed by atoms with Crippen molar-refractivity contribution in [1.29, 1.82) is 0 Å². The van der Waals surface area contributed by atoms with Crippen LogP contribution in [0, 0.1) is 5.92 Å². The van der Waals surface area contributed by atoms with Gasteiger partial charge in [-0.3, -0.25) is 4.79 Å². The molecule has 1 aliphatic rings. The second-order valence-electron chi connectivity index (χ2n) is 5.33. The van der Waals surface area contributed by atoms with Gasteiger partial charge in [0.2, 0.25) is 0 Å². The minimum absolute atomic E-state index is 0.164. The number of carbonyl (C=O) groups is 2. The Morgan fingerprint density at radius 2 is 2.00 bits per heavy atom. The molecule has 0 aromatic carbocycles. The Morgan fingerprint density at radius 1 is 1.29 bits per heavy atom. The van der Waals surface area contributed by atoms with E-state index in [-0.39, 0.29) is 19.2 Å². The molecule has 21 heavy (non-hydrogen) atoms. The monoisotopic (exact) mass is 301 g/mol. The van der Waals surface area contributed by atoms with E-state index in [1.165, 1.54) is 4.90 Å².